The van der Waals surface area contributed by atoms with Crippen LogP contribution in [0.2, 0.25) is 0 Å². The lowest BCUT2D eigenvalue weighted by Crippen LogP contribution is -2.48. The van der Waals surface area contributed by atoms with Crippen LogP contribution in [-0.4, -0.2) is 72.2 Å². The van der Waals surface area contributed by atoms with Gasteiger partial charge in [-0.05, 0) is 98.3 Å². The summed E-state index contributed by atoms with van der Waals surface area (Å²) in [4.78, 5) is 63.1. The van der Waals surface area contributed by atoms with E-state index < -0.39 is 44.2 Å². The number of ketones is 2. The molecule has 1 saturated heterocycles. The molecule has 3 heterocycles. The molecule has 2 aromatic rings. The normalized spacial score (nSPS) is 30.7. The van der Waals surface area contributed by atoms with E-state index in [2.05, 4.69) is 16.6 Å². The molecule has 7 atom stereocenters. The number of ether oxygens (including phenoxy) is 2. The Balaban J connectivity index is 1.35. The van der Waals surface area contributed by atoms with Gasteiger partial charge in [-0.15, -0.1) is 0 Å². The van der Waals surface area contributed by atoms with Gasteiger partial charge in [-0.25, -0.2) is 13.4 Å². The molecule has 2 amide bonds. The number of hydrogen-bond acceptors (Lipinski definition) is 9. The van der Waals surface area contributed by atoms with E-state index in [4.69, 9.17) is 9.47 Å². The Kier molecular flexibility index (Phi) is 11.1. The first-order chi connectivity index (χ1) is 25.3. The topological polar surface area (TPSA) is 149 Å². The molecular weight excluding hydrogens is 707 g/mol. The Morgan fingerprint density at radius 3 is 2.52 bits per heavy atom. The van der Waals surface area contributed by atoms with Gasteiger partial charge in [-0.3, -0.25) is 23.9 Å². The number of pyridine rings is 1. The molecule has 294 valence electrons. The molecule has 2 aliphatic carbocycles. The SMILES string of the molecule is COc1ccc2c(O[C@@H]3C[C@H]4C(=O)C[C@]5(C(=O)NS(=O)(=O)C6(C)CC6)C[C@H]5/C=C\CC[C@H](C)C[C@@H](C)[C@H](CC(=O)CC(C)(C)C)C(=O)N4C3)nccc2c1. The van der Waals surface area contributed by atoms with Gasteiger partial charge in [0.2, 0.25) is 27.7 Å². The van der Waals surface area contributed by atoms with Crippen LogP contribution < -0.4 is 14.2 Å². The third-order valence-electron chi connectivity index (χ3n) is 12.2. The van der Waals surface area contributed by atoms with Gasteiger partial charge < -0.3 is 14.4 Å². The van der Waals surface area contributed by atoms with Crippen molar-refractivity contribution in [3.8, 4) is 11.6 Å². The molecule has 4 aliphatic rings. The van der Waals surface area contributed by atoms with Crippen LogP contribution in [0.1, 0.15) is 106 Å². The number of amides is 2. The molecular formula is C42H57N3O8S. The molecule has 2 aliphatic heterocycles. The molecule has 1 N–H and O–H groups in total. The number of nitrogens with one attached hydrogen (secondary N) is 1. The van der Waals surface area contributed by atoms with Crippen molar-refractivity contribution in [3.05, 3.63) is 42.6 Å². The molecule has 2 saturated carbocycles. The Morgan fingerprint density at radius 2 is 1.83 bits per heavy atom. The maximum atomic E-state index is 14.9. The highest BCUT2D eigenvalue weighted by atomic mass is 32.2. The summed E-state index contributed by atoms with van der Waals surface area (Å²) in [6.07, 6.45) is 9.01. The van der Waals surface area contributed by atoms with Crippen LogP contribution >= 0.6 is 0 Å². The minimum Gasteiger partial charge on any atom is -0.497 e. The van der Waals surface area contributed by atoms with Gasteiger partial charge in [0.1, 0.15) is 17.6 Å². The van der Waals surface area contributed by atoms with E-state index in [1.54, 1.807) is 25.1 Å². The van der Waals surface area contributed by atoms with Gasteiger partial charge in [0.05, 0.1) is 29.9 Å². The molecule has 0 spiro atoms. The smallest absolute Gasteiger partial charge is 0.240 e. The quantitative estimate of drug-likeness (QED) is 0.280. The summed E-state index contributed by atoms with van der Waals surface area (Å²) in [6, 6.07) is 6.48. The van der Waals surface area contributed by atoms with Crippen molar-refractivity contribution in [2.75, 3.05) is 13.7 Å². The van der Waals surface area contributed by atoms with Gasteiger partial charge in [-0.2, -0.15) is 0 Å². The first kappa shape index (κ1) is 39.9. The zero-order chi connectivity index (χ0) is 39.2. The first-order valence-corrected chi connectivity index (χ1v) is 21.0. The molecule has 6 rings (SSSR count). The number of benzene rings is 1. The van der Waals surface area contributed by atoms with E-state index in [-0.39, 0.29) is 66.4 Å². The zero-order valence-electron chi connectivity index (χ0n) is 32.9. The van der Waals surface area contributed by atoms with Crippen LogP contribution in [0.4, 0.5) is 0 Å². The minimum absolute atomic E-state index is 0.00785. The van der Waals surface area contributed by atoms with Gasteiger partial charge in [0, 0.05) is 43.2 Å². The predicted octanol–water partition coefficient (Wildman–Crippen LogP) is 6.58. The van der Waals surface area contributed by atoms with E-state index in [0.717, 1.165) is 30.0 Å². The van der Waals surface area contributed by atoms with Crippen LogP contribution in [0.15, 0.2) is 42.6 Å². The van der Waals surface area contributed by atoms with Crippen molar-refractivity contribution >= 4 is 44.2 Å². The summed E-state index contributed by atoms with van der Waals surface area (Å²) in [5.41, 5.74) is -1.49. The standard InChI is InChI=1S/C42H57N3O8S/c1-26-10-8-9-11-29-22-42(29,39(49)44-54(50,51)41(6)15-16-41)24-36(47)35-21-32(53-37-33-13-12-31(52-7)19-28(33)14-17-43-37)25-45(35)38(48)34(27(2)18-26)20-30(46)23-40(3,4)5/h9,11-14,17,19,26-27,29,32,34-35H,8,10,15-16,18,20-25H2,1-7H3,(H,44,49)/b11-9-/t26-,27+,29+,32+,34-,35-,42+/m0/s1. The largest absolute Gasteiger partial charge is 0.497 e. The summed E-state index contributed by atoms with van der Waals surface area (Å²) in [7, 11) is -2.34. The van der Waals surface area contributed by atoms with Crippen LogP contribution in [-0.2, 0) is 29.2 Å². The molecule has 0 unspecified atom stereocenters. The maximum Gasteiger partial charge on any atom is 0.240 e. The van der Waals surface area contributed by atoms with Crippen molar-refractivity contribution in [2.24, 2.45) is 34.5 Å². The summed E-state index contributed by atoms with van der Waals surface area (Å²) in [6.45, 7) is 11.9. The van der Waals surface area contributed by atoms with Crippen LogP contribution in [0, 0.1) is 34.5 Å². The second kappa shape index (κ2) is 15.0. The number of carbonyl (C=O) groups is 4. The number of sulfonamides is 1. The van der Waals surface area contributed by atoms with Crippen LogP contribution in [0.5, 0.6) is 11.6 Å². The number of nitrogens with zero attached hydrogens (tertiary/aromatic N) is 2. The summed E-state index contributed by atoms with van der Waals surface area (Å²) >= 11 is 0. The van der Waals surface area contributed by atoms with Gasteiger partial charge in [-0.1, -0.05) is 46.8 Å². The second-order valence-corrected chi connectivity index (χ2v) is 20.3. The van der Waals surface area contributed by atoms with Crippen molar-refractivity contribution in [1.82, 2.24) is 14.6 Å². The summed E-state index contributed by atoms with van der Waals surface area (Å²) in [5, 5.41) is 1.61. The fourth-order valence-corrected chi connectivity index (χ4v) is 9.83. The van der Waals surface area contributed by atoms with Crippen molar-refractivity contribution < 1.29 is 37.1 Å². The fourth-order valence-electron chi connectivity index (χ4n) is 8.50. The highest BCUT2D eigenvalue weighted by molar-refractivity contribution is 7.91. The molecule has 12 heteroatoms. The van der Waals surface area contributed by atoms with Gasteiger partial charge >= 0.3 is 0 Å². The predicted molar refractivity (Wildman–Crippen MR) is 206 cm³/mol. The minimum atomic E-state index is -3.93. The number of rotatable bonds is 9. The Hall–Kier alpha value is -3.80. The average molecular weight is 764 g/mol. The van der Waals surface area contributed by atoms with Crippen molar-refractivity contribution in [1.29, 1.82) is 0 Å². The molecule has 1 aromatic carbocycles. The Morgan fingerprint density at radius 1 is 1.09 bits per heavy atom. The van der Waals surface area contributed by atoms with Crippen molar-refractivity contribution in [3.63, 3.8) is 0 Å². The van der Waals surface area contributed by atoms with Crippen LogP contribution in [0.25, 0.3) is 10.8 Å². The lowest BCUT2D eigenvalue weighted by Gasteiger charge is -2.32. The number of fused-ring (bicyclic) bond motifs is 3. The number of allylic oxidation sites excluding steroid dienone is 2. The monoisotopic (exact) mass is 763 g/mol. The van der Waals surface area contributed by atoms with E-state index >= 15 is 0 Å². The van der Waals surface area contributed by atoms with Crippen LogP contribution in [0.3, 0.4) is 0 Å². The third kappa shape index (κ3) is 8.53. The van der Waals surface area contributed by atoms with E-state index in [0.29, 0.717) is 37.3 Å². The highest BCUT2D eigenvalue weighted by Gasteiger charge is 2.62. The van der Waals surface area contributed by atoms with Gasteiger partial charge in [0.15, 0.2) is 5.78 Å². The van der Waals surface area contributed by atoms with Crippen molar-refractivity contribution in [2.45, 2.75) is 123 Å². The van der Waals surface area contributed by atoms with Gasteiger partial charge in [0.25, 0.3) is 0 Å². The maximum absolute atomic E-state index is 14.9. The van der Waals surface area contributed by atoms with E-state index in [1.165, 1.54) is 0 Å². The molecule has 0 radical (unpaired) electrons. The Labute approximate surface area is 320 Å². The summed E-state index contributed by atoms with van der Waals surface area (Å²) < 4.78 is 39.7. The summed E-state index contributed by atoms with van der Waals surface area (Å²) in [5.74, 6) is -1.01. The second-order valence-electron chi connectivity index (χ2n) is 18.1. The van der Waals surface area contributed by atoms with E-state index in [1.807, 2.05) is 64.1 Å². The third-order valence-corrected chi connectivity index (χ3v) is 14.3. The number of methoxy groups -OCH3 is 1. The Bertz CT molecular complexity index is 1930. The zero-order valence-corrected chi connectivity index (χ0v) is 33.7. The molecule has 1 aromatic heterocycles. The lowest BCUT2D eigenvalue weighted by molar-refractivity contribution is -0.145. The average Bonchev–Trinajstić information content (AvgIpc) is 3.97. The molecule has 3 fully saturated rings. The number of Topliss-reactive ketones (excluding diaryl/α,β-unsaturated/α-hetero) is 2. The van der Waals surface area contributed by atoms with E-state index in [9.17, 15) is 27.6 Å². The number of hydrogen-bond donors (Lipinski definition) is 1. The molecule has 0 bridgehead atoms. The number of carbonyl (C=O) groups excluding carboxylic acids is 4. The molecule has 54 heavy (non-hydrogen) atoms. The lowest BCUT2D eigenvalue weighted by atomic mass is 9.79. The number of aromatic nitrogens is 1. The fraction of sp³-hybridized carbons (Fsp3) is 0.643. The molecule has 11 nitrogen and oxygen atoms in total. The first-order valence-electron chi connectivity index (χ1n) is 19.5. The highest BCUT2D eigenvalue weighted by Crippen LogP contribution is 2.57.